The molecule has 7 nitrogen and oxygen atoms in total. The summed E-state index contributed by atoms with van der Waals surface area (Å²) < 4.78 is 27.7. The van der Waals surface area contributed by atoms with Crippen molar-refractivity contribution >= 4 is 61.9 Å². The predicted octanol–water partition coefficient (Wildman–Crippen LogP) is 4.55. The Morgan fingerprint density at radius 1 is 0.939 bits per heavy atom. The smallest absolute Gasteiger partial charge is 0.263 e. The van der Waals surface area contributed by atoms with Crippen molar-refractivity contribution in [2.75, 3.05) is 10.3 Å². The summed E-state index contributed by atoms with van der Waals surface area (Å²) in [6.45, 7) is 0. The number of hydrogen-bond acceptors (Lipinski definition) is 5. The molecule has 0 aromatic heterocycles. The maximum atomic E-state index is 12.7. The highest BCUT2D eigenvalue weighted by molar-refractivity contribution is 7.92. The number of rotatable bonds is 5. The minimum Gasteiger partial charge on any atom is -0.332 e. The Bertz CT molecular complexity index is 1310. The molecule has 1 heterocycles. The Labute approximate surface area is 202 Å². The first-order valence-corrected chi connectivity index (χ1v) is 12.2. The van der Waals surface area contributed by atoms with Gasteiger partial charge in [0.15, 0.2) is 5.11 Å². The second kappa shape index (κ2) is 9.70. The summed E-state index contributed by atoms with van der Waals surface area (Å²) in [6, 6.07) is 22.1. The Kier molecular flexibility index (Phi) is 6.73. The number of thiocarbonyl (C=S) groups is 1. The van der Waals surface area contributed by atoms with Gasteiger partial charge in [0.25, 0.3) is 10.0 Å². The highest BCUT2D eigenvalue weighted by atomic mass is 35.5. The molecular weight excluding hydrogens is 480 g/mol. The molecule has 0 aliphatic carbocycles. The highest BCUT2D eigenvalue weighted by Gasteiger charge is 2.24. The topological polar surface area (TPSA) is 90.9 Å². The number of nitrogens with one attached hydrogen (secondary N) is 2. The predicted molar refractivity (Wildman–Crippen MR) is 134 cm³/mol. The first-order valence-electron chi connectivity index (χ1n) is 9.97. The van der Waals surface area contributed by atoms with Crippen molar-refractivity contribution in [1.29, 1.82) is 0 Å². The lowest BCUT2D eigenvalue weighted by Gasteiger charge is -2.24. The average Bonchev–Trinajstić information content (AvgIpc) is 2.80. The monoisotopic (exact) mass is 498 g/mol. The lowest BCUT2D eigenvalue weighted by molar-refractivity contribution is -0.118. The van der Waals surface area contributed by atoms with E-state index in [1.165, 1.54) is 29.3 Å². The molecule has 33 heavy (non-hydrogen) atoms. The fraction of sp³-hybridized carbons (Fsp3) is 0.0870. The molecule has 1 amide bonds. The number of carbonyl (C=O) groups is 1. The Morgan fingerprint density at radius 3 is 2.27 bits per heavy atom. The standard InChI is InChI=1S/C23H19ClN4O3S2/c24-17-8-6-16(7-9-17)21-14-15-22(29)28(26-21)19-10-12-20(13-11-19)33(30,31)27-23(32)25-18-4-2-1-3-5-18/h1-13H,14-15H2,(H2,25,27,32). The van der Waals surface area contributed by atoms with Crippen LogP contribution in [-0.2, 0) is 14.8 Å². The quantitative estimate of drug-likeness (QED) is 0.504. The number of benzene rings is 3. The molecule has 2 N–H and O–H groups in total. The summed E-state index contributed by atoms with van der Waals surface area (Å²) in [6.07, 6.45) is 0.807. The summed E-state index contributed by atoms with van der Waals surface area (Å²) in [7, 11) is -3.90. The van der Waals surface area contributed by atoms with Gasteiger partial charge in [-0.1, -0.05) is 41.9 Å². The van der Waals surface area contributed by atoms with Gasteiger partial charge in [-0.15, -0.1) is 0 Å². The minimum atomic E-state index is -3.90. The number of nitrogens with zero attached hydrogens (tertiary/aromatic N) is 2. The van der Waals surface area contributed by atoms with Crippen LogP contribution in [0, 0.1) is 0 Å². The van der Waals surface area contributed by atoms with Crippen LogP contribution in [0.1, 0.15) is 18.4 Å². The van der Waals surface area contributed by atoms with E-state index in [9.17, 15) is 13.2 Å². The van der Waals surface area contributed by atoms with Gasteiger partial charge in [-0.25, -0.2) is 13.4 Å². The minimum absolute atomic E-state index is 0.00910. The van der Waals surface area contributed by atoms with E-state index in [0.29, 0.717) is 29.2 Å². The highest BCUT2D eigenvalue weighted by Crippen LogP contribution is 2.24. The summed E-state index contributed by atoms with van der Waals surface area (Å²) >= 11 is 11.1. The molecule has 0 saturated carbocycles. The van der Waals surface area contributed by atoms with E-state index in [-0.39, 0.29) is 15.9 Å². The van der Waals surface area contributed by atoms with Crippen LogP contribution >= 0.6 is 23.8 Å². The molecule has 0 unspecified atom stereocenters. The summed E-state index contributed by atoms with van der Waals surface area (Å²) in [5.74, 6) is -0.172. The number of anilines is 2. The Morgan fingerprint density at radius 2 is 1.61 bits per heavy atom. The molecule has 0 atom stereocenters. The summed E-state index contributed by atoms with van der Waals surface area (Å²) in [5, 5.41) is 9.16. The van der Waals surface area contributed by atoms with Crippen LogP contribution in [0.4, 0.5) is 11.4 Å². The Hall–Kier alpha value is -3.27. The number of hydrogen-bond donors (Lipinski definition) is 2. The second-order valence-corrected chi connectivity index (χ2v) is 9.71. The second-order valence-electron chi connectivity index (χ2n) is 7.18. The van der Waals surface area contributed by atoms with Crippen LogP contribution in [0.25, 0.3) is 0 Å². The number of halogens is 1. The molecule has 0 bridgehead atoms. The van der Waals surface area contributed by atoms with Gasteiger partial charge in [0.2, 0.25) is 5.91 Å². The van der Waals surface area contributed by atoms with Crippen LogP contribution in [0.5, 0.6) is 0 Å². The maximum Gasteiger partial charge on any atom is 0.263 e. The van der Waals surface area contributed by atoms with Crippen LogP contribution in [-0.4, -0.2) is 25.1 Å². The summed E-state index contributed by atoms with van der Waals surface area (Å²) in [4.78, 5) is 12.5. The van der Waals surface area contributed by atoms with Gasteiger partial charge in [-0.2, -0.15) is 5.10 Å². The van der Waals surface area contributed by atoms with Crippen molar-refractivity contribution in [1.82, 2.24) is 4.72 Å². The van der Waals surface area contributed by atoms with Crippen molar-refractivity contribution in [3.05, 3.63) is 89.4 Å². The van der Waals surface area contributed by atoms with Crippen molar-refractivity contribution in [2.45, 2.75) is 17.7 Å². The number of amides is 1. The van der Waals surface area contributed by atoms with Crippen LogP contribution < -0.4 is 15.0 Å². The summed E-state index contributed by atoms with van der Waals surface area (Å²) in [5.41, 5.74) is 2.76. The van der Waals surface area contributed by atoms with E-state index in [1.54, 1.807) is 36.4 Å². The van der Waals surface area contributed by atoms with E-state index in [1.807, 2.05) is 18.2 Å². The number of hydrazone groups is 1. The third kappa shape index (κ3) is 5.57. The molecule has 0 saturated heterocycles. The number of para-hydroxylation sites is 1. The van der Waals surface area contributed by atoms with E-state index >= 15 is 0 Å². The van der Waals surface area contributed by atoms with Crippen molar-refractivity contribution < 1.29 is 13.2 Å². The molecule has 0 spiro atoms. The molecule has 168 valence electrons. The van der Waals surface area contributed by atoms with Gasteiger partial charge in [0.1, 0.15) is 0 Å². The van der Waals surface area contributed by atoms with E-state index in [4.69, 9.17) is 23.8 Å². The van der Waals surface area contributed by atoms with Crippen LogP contribution in [0.15, 0.2) is 88.9 Å². The third-order valence-electron chi connectivity index (χ3n) is 4.86. The van der Waals surface area contributed by atoms with Gasteiger partial charge < -0.3 is 5.32 Å². The molecule has 0 radical (unpaired) electrons. The van der Waals surface area contributed by atoms with Crippen molar-refractivity contribution in [2.24, 2.45) is 5.10 Å². The number of sulfonamides is 1. The van der Waals surface area contributed by atoms with Gasteiger partial charge in [-0.3, -0.25) is 9.52 Å². The zero-order valence-corrected chi connectivity index (χ0v) is 19.6. The Balaban J connectivity index is 1.50. The molecule has 0 fully saturated rings. The van der Waals surface area contributed by atoms with Gasteiger partial charge in [0, 0.05) is 23.6 Å². The molecule has 1 aliphatic rings. The molecule has 4 rings (SSSR count). The molecule has 1 aliphatic heterocycles. The van der Waals surface area contributed by atoms with Gasteiger partial charge >= 0.3 is 0 Å². The van der Waals surface area contributed by atoms with Crippen LogP contribution in [0.2, 0.25) is 5.02 Å². The zero-order chi connectivity index (χ0) is 23.4. The van der Waals surface area contributed by atoms with Crippen molar-refractivity contribution in [3.63, 3.8) is 0 Å². The normalized spacial score (nSPS) is 13.9. The lowest BCUT2D eigenvalue weighted by atomic mass is 10.0. The van der Waals surface area contributed by atoms with Gasteiger partial charge in [-0.05, 0) is 66.3 Å². The SMILES string of the molecule is O=C1CCC(c2ccc(Cl)cc2)=NN1c1ccc(S(=O)(=O)NC(=S)Nc2ccccc2)cc1. The zero-order valence-electron chi connectivity index (χ0n) is 17.2. The first-order chi connectivity index (χ1) is 15.8. The lowest BCUT2D eigenvalue weighted by Crippen LogP contribution is -2.34. The van der Waals surface area contributed by atoms with E-state index in [2.05, 4.69) is 15.1 Å². The molecule has 3 aromatic rings. The average molecular weight is 499 g/mol. The molecule has 3 aromatic carbocycles. The van der Waals surface area contributed by atoms with E-state index < -0.39 is 10.0 Å². The molecular formula is C23H19ClN4O3S2. The number of carbonyl (C=O) groups excluding carboxylic acids is 1. The van der Waals surface area contributed by atoms with E-state index in [0.717, 1.165) is 11.3 Å². The maximum absolute atomic E-state index is 12.7. The first kappa shape index (κ1) is 22.9. The van der Waals surface area contributed by atoms with Crippen molar-refractivity contribution in [3.8, 4) is 0 Å². The van der Waals surface area contributed by atoms with Crippen LogP contribution in [0.3, 0.4) is 0 Å². The fourth-order valence-electron chi connectivity index (χ4n) is 3.23. The van der Waals surface area contributed by atoms with Gasteiger partial charge in [0.05, 0.1) is 16.3 Å². The largest absolute Gasteiger partial charge is 0.332 e. The molecule has 10 heteroatoms. The fourth-order valence-corrected chi connectivity index (χ4v) is 4.71. The third-order valence-corrected chi connectivity index (χ3v) is 6.81.